The van der Waals surface area contributed by atoms with Crippen LogP contribution in [0, 0.1) is 132 Å². The smallest absolute Gasteiger partial charge is 0.0125 e. The third kappa shape index (κ3) is 24.1. The lowest BCUT2D eigenvalue weighted by atomic mass is 9.93. The van der Waals surface area contributed by atoms with Crippen LogP contribution in [0.25, 0.3) is 77.9 Å². The second kappa shape index (κ2) is 38.2. The van der Waals surface area contributed by atoms with Crippen LogP contribution in [0.2, 0.25) is 0 Å². The lowest BCUT2D eigenvalue weighted by Gasteiger charge is -2.11. The number of hydrogen-bond donors (Lipinski definition) is 0. The van der Waals surface area contributed by atoms with Crippen LogP contribution < -0.4 is 0 Å². The molecule has 0 heterocycles. The molecule has 0 aliphatic heterocycles. The zero-order chi connectivity index (χ0) is 74.1. The molecule has 0 saturated heterocycles. The molecular formula is C103H108. The van der Waals surface area contributed by atoms with Crippen LogP contribution in [0.3, 0.4) is 0 Å². The van der Waals surface area contributed by atoms with Gasteiger partial charge in [0.25, 0.3) is 0 Å². The predicted molar refractivity (Wildman–Crippen MR) is 453 cm³/mol. The maximum absolute atomic E-state index is 2.25. The molecule has 0 amide bonds. The van der Waals surface area contributed by atoms with Crippen molar-refractivity contribution in [2.45, 2.75) is 132 Å². The van der Waals surface area contributed by atoms with Gasteiger partial charge in [-0.15, -0.1) is 0 Å². The van der Waals surface area contributed by atoms with E-state index in [4.69, 9.17) is 0 Å². The lowest BCUT2D eigenvalue weighted by Crippen LogP contribution is -1.90. The molecule has 0 spiro atoms. The van der Waals surface area contributed by atoms with Gasteiger partial charge in [-0.2, -0.15) is 0 Å². The Balaban J connectivity index is 0.000000152. The fourth-order valence-corrected chi connectivity index (χ4v) is 12.8. The molecule has 0 N–H and O–H groups in total. The van der Waals surface area contributed by atoms with Gasteiger partial charge >= 0.3 is 0 Å². The summed E-state index contributed by atoms with van der Waals surface area (Å²) in [6, 6.07) is 111. The minimum Gasteiger partial charge on any atom is -0.0620 e. The molecule has 0 atom stereocenters. The van der Waals surface area contributed by atoms with Crippen LogP contribution in [0.1, 0.15) is 106 Å². The van der Waals surface area contributed by atoms with E-state index in [2.05, 4.69) is 441 Å². The Labute approximate surface area is 620 Å². The topological polar surface area (TPSA) is 0 Å². The minimum absolute atomic E-state index is 1.29. The normalized spacial score (nSPS) is 10.3. The van der Waals surface area contributed by atoms with E-state index in [1.165, 1.54) is 184 Å². The van der Waals surface area contributed by atoms with Gasteiger partial charge in [-0.1, -0.05) is 382 Å². The van der Waals surface area contributed by atoms with E-state index in [-0.39, 0.29) is 0 Å². The highest BCUT2D eigenvalue weighted by atomic mass is 14.1. The molecule has 0 nitrogen and oxygen atoms in total. The van der Waals surface area contributed by atoms with Gasteiger partial charge < -0.3 is 0 Å². The summed E-state index contributed by atoms with van der Waals surface area (Å²) in [4.78, 5) is 0. The average molecular weight is 1350 g/mol. The van der Waals surface area contributed by atoms with Crippen molar-refractivity contribution in [3.63, 3.8) is 0 Å². The van der Waals surface area contributed by atoms with Crippen molar-refractivity contribution in [1.82, 2.24) is 0 Å². The number of benzene rings is 14. The van der Waals surface area contributed by atoms with E-state index >= 15 is 0 Å². The highest BCUT2D eigenvalue weighted by Gasteiger charge is 2.09. The van der Waals surface area contributed by atoms with Crippen LogP contribution in [0.5, 0.6) is 0 Å². The van der Waals surface area contributed by atoms with E-state index < -0.39 is 0 Å². The standard InChI is InChI=1S/C16H18.3C15H16.3C14H14/c1-11-5-7-15(8-6-11)16-13(3)9-12(2)10-14(16)4;1-11-4-7-14(8-5-11)15-9-6-12(2)10-13(15)3;1-11-4-6-14(7-5-11)15-9-12(2)8-13(3)10-15;1-11-7-9-14(10-8-11)15-12(2)5-4-6-13(15)3;1-11-3-7-13(8-4-11)14-9-5-12(2)6-10-14;1-11-6-8-13(9-7-11)14-5-3-4-12(2)10-14;1-11-7-9-13(10-8-11)14-6-4-3-5-12(14)2/h5-10H,1-4H3;3*4-10H,1-3H3;3*3-10H,1-2H3. The molecular weight excluding hydrogens is 1240 g/mol. The molecule has 14 aromatic rings. The first kappa shape index (κ1) is 77.8. The third-order valence-electron chi connectivity index (χ3n) is 18.5. The van der Waals surface area contributed by atoms with Crippen molar-refractivity contribution >= 4 is 0 Å². The van der Waals surface area contributed by atoms with Gasteiger partial charge in [-0.05, 0) is 243 Å². The van der Waals surface area contributed by atoms with Crippen molar-refractivity contribution in [2.24, 2.45) is 0 Å². The van der Waals surface area contributed by atoms with E-state index in [0.717, 1.165) is 0 Å². The lowest BCUT2D eigenvalue weighted by molar-refractivity contribution is 1.32. The Morgan fingerprint density at radius 3 is 0.728 bits per heavy atom. The zero-order valence-corrected chi connectivity index (χ0v) is 64.9. The van der Waals surface area contributed by atoms with Crippen LogP contribution in [0.4, 0.5) is 0 Å². The molecule has 0 heteroatoms. The molecule has 103 heavy (non-hydrogen) atoms. The summed E-state index contributed by atoms with van der Waals surface area (Å²) >= 11 is 0. The van der Waals surface area contributed by atoms with Crippen molar-refractivity contribution < 1.29 is 0 Å². The Hall–Kier alpha value is -10.9. The highest BCUT2D eigenvalue weighted by molar-refractivity contribution is 5.74. The summed E-state index contributed by atoms with van der Waals surface area (Å²) in [7, 11) is 0. The SMILES string of the molecule is Cc1ccc(-c2c(C)cc(C)cc2C)cc1.Cc1ccc(-c2c(C)cccc2C)cc1.Cc1ccc(-c2cc(C)cc(C)c2)cc1.Cc1ccc(-c2ccc(C)cc2)cc1.Cc1ccc(-c2ccc(C)cc2C)cc1.Cc1ccc(-c2cccc(C)c2)cc1.Cc1ccc(-c2ccccc2C)cc1. The summed E-state index contributed by atoms with van der Waals surface area (Å²) in [6.45, 7) is 40.6. The van der Waals surface area contributed by atoms with Crippen LogP contribution in [0.15, 0.2) is 309 Å². The minimum atomic E-state index is 1.29. The first-order valence-corrected chi connectivity index (χ1v) is 36.3. The fraction of sp³-hybridized carbons (Fsp3) is 0.184. The van der Waals surface area contributed by atoms with Gasteiger partial charge in [0, 0.05) is 0 Å². The monoisotopic (exact) mass is 1340 g/mol. The molecule has 0 aliphatic rings. The summed E-state index contributed by atoms with van der Waals surface area (Å²) in [6.07, 6.45) is 0. The van der Waals surface area contributed by atoms with Crippen molar-refractivity contribution in [3.8, 4) is 77.9 Å². The second-order valence-electron chi connectivity index (χ2n) is 28.3. The molecule has 520 valence electrons. The average Bonchev–Trinajstić information content (AvgIpc) is 0.881. The third-order valence-corrected chi connectivity index (χ3v) is 18.5. The van der Waals surface area contributed by atoms with E-state index in [9.17, 15) is 0 Å². The summed E-state index contributed by atoms with van der Waals surface area (Å²) in [5, 5.41) is 0. The molecule has 0 radical (unpaired) electrons. The summed E-state index contributed by atoms with van der Waals surface area (Å²) < 4.78 is 0. The Morgan fingerprint density at radius 1 is 0.117 bits per heavy atom. The first-order chi connectivity index (χ1) is 49.3. The Morgan fingerprint density at radius 2 is 0.369 bits per heavy atom. The molecule has 14 rings (SSSR count). The molecule has 0 bridgehead atoms. The van der Waals surface area contributed by atoms with E-state index in [1.807, 2.05) is 0 Å². The van der Waals surface area contributed by atoms with E-state index in [1.54, 1.807) is 0 Å². The fourth-order valence-electron chi connectivity index (χ4n) is 12.8. The van der Waals surface area contributed by atoms with Gasteiger partial charge in [0.2, 0.25) is 0 Å². The molecule has 0 saturated carbocycles. The summed E-state index contributed by atoms with van der Waals surface area (Å²) in [5.41, 5.74) is 43.6. The van der Waals surface area contributed by atoms with Gasteiger partial charge in [-0.25, -0.2) is 0 Å². The Kier molecular flexibility index (Phi) is 28.9. The van der Waals surface area contributed by atoms with Crippen molar-refractivity contribution in [2.75, 3.05) is 0 Å². The van der Waals surface area contributed by atoms with Crippen molar-refractivity contribution in [3.05, 3.63) is 415 Å². The number of aryl methyl sites for hydroxylation is 19. The van der Waals surface area contributed by atoms with Crippen LogP contribution in [-0.2, 0) is 0 Å². The summed E-state index contributed by atoms with van der Waals surface area (Å²) in [5.74, 6) is 0. The quantitative estimate of drug-likeness (QED) is 0.149. The Bertz CT molecular complexity index is 4840. The van der Waals surface area contributed by atoms with E-state index in [0.29, 0.717) is 0 Å². The second-order valence-corrected chi connectivity index (χ2v) is 28.3. The predicted octanol–water partition coefficient (Wildman–Crippen LogP) is 29.3. The molecule has 0 aliphatic carbocycles. The van der Waals surface area contributed by atoms with Crippen LogP contribution >= 0.6 is 0 Å². The maximum Gasteiger partial charge on any atom is -0.0125 e. The van der Waals surface area contributed by atoms with Gasteiger partial charge in [0.15, 0.2) is 0 Å². The largest absolute Gasteiger partial charge is 0.0620 e. The number of rotatable bonds is 7. The molecule has 0 fully saturated rings. The van der Waals surface area contributed by atoms with Gasteiger partial charge in [0.05, 0.1) is 0 Å². The molecule has 0 aromatic heterocycles. The highest BCUT2D eigenvalue weighted by Crippen LogP contribution is 2.31. The molecule has 14 aromatic carbocycles. The first-order valence-electron chi connectivity index (χ1n) is 36.3. The van der Waals surface area contributed by atoms with Crippen LogP contribution in [-0.4, -0.2) is 0 Å². The zero-order valence-electron chi connectivity index (χ0n) is 64.9. The van der Waals surface area contributed by atoms with Gasteiger partial charge in [-0.3, -0.25) is 0 Å². The number of hydrogen-bond acceptors (Lipinski definition) is 0. The van der Waals surface area contributed by atoms with Crippen molar-refractivity contribution in [1.29, 1.82) is 0 Å². The van der Waals surface area contributed by atoms with Gasteiger partial charge in [0.1, 0.15) is 0 Å². The maximum atomic E-state index is 2.25. The molecule has 0 unspecified atom stereocenters.